The molecule has 0 aliphatic carbocycles. The number of rotatable bonds is 3. The third-order valence-electron chi connectivity index (χ3n) is 6.10. The van der Waals surface area contributed by atoms with Crippen LogP contribution >= 0.6 is 0 Å². The Morgan fingerprint density at radius 3 is 2.35 bits per heavy atom. The first-order chi connectivity index (χ1) is 14.9. The molecule has 144 valence electrons. The van der Waals surface area contributed by atoms with Gasteiger partial charge in [-0.1, -0.05) is 21.9 Å². The van der Waals surface area contributed by atoms with Crippen molar-refractivity contribution in [3.8, 4) is 11.1 Å². The van der Waals surface area contributed by atoms with Crippen LogP contribution in [0.4, 0.5) is 0 Å². The predicted molar refractivity (Wildman–Crippen MR) is 125 cm³/mol. The number of aromatic nitrogens is 3. The summed E-state index contributed by atoms with van der Waals surface area (Å²) in [7, 11) is 25.0. The van der Waals surface area contributed by atoms with E-state index >= 15 is 0 Å². The Kier molecular flexibility index (Phi) is 4.77. The normalized spacial score (nSPS) is 15.1. The number of nitrogens with one attached hydrogen (secondary N) is 2. The van der Waals surface area contributed by atoms with Crippen LogP contribution in [0.1, 0.15) is 34.8 Å². The second kappa shape index (κ2) is 7.38. The van der Waals surface area contributed by atoms with Crippen LogP contribution in [0, 0.1) is 0 Å². The predicted octanol–water partition coefficient (Wildman–Crippen LogP) is -0.521. The molecule has 8 radical (unpaired) electrons. The molecule has 5 rings (SSSR count). The molecule has 0 atom stereocenters. The zero-order valence-corrected chi connectivity index (χ0v) is 16.7. The van der Waals surface area contributed by atoms with Crippen LogP contribution in [-0.4, -0.2) is 70.9 Å². The molecule has 3 N–H and O–H groups in total. The molecular formula is C21H15B4N3O3. The molecule has 0 amide bonds. The topological polar surface area (TPSA) is 91.0 Å². The van der Waals surface area contributed by atoms with E-state index in [9.17, 15) is 9.90 Å². The molecule has 10 heteroatoms. The summed E-state index contributed by atoms with van der Waals surface area (Å²) in [6, 6.07) is 3.96. The summed E-state index contributed by atoms with van der Waals surface area (Å²) in [5.41, 5.74) is 3.38. The van der Waals surface area contributed by atoms with E-state index in [0.717, 1.165) is 45.9 Å². The molecule has 4 aromatic rings. The second-order valence-electron chi connectivity index (χ2n) is 7.84. The number of hydrogen-bond acceptors (Lipinski definition) is 3. The fraction of sp³-hybridized carbons (Fsp3) is 0.238. The minimum Gasteiger partial charge on any atom is -0.478 e. The molecule has 0 saturated carbocycles. The monoisotopic (exact) mass is 401 g/mol. The highest BCUT2D eigenvalue weighted by Gasteiger charge is 2.28. The van der Waals surface area contributed by atoms with Crippen molar-refractivity contribution in [2.24, 2.45) is 0 Å². The Bertz CT molecular complexity index is 1330. The van der Waals surface area contributed by atoms with Crippen molar-refractivity contribution in [3.63, 3.8) is 0 Å². The number of carbonyl (C=O) groups is 1. The van der Waals surface area contributed by atoms with Gasteiger partial charge in [0.05, 0.1) is 16.7 Å². The number of carboxylic acids is 1. The summed E-state index contributed by atoms with van der Waals surface area (Å²) in [6.45, 7) is 1.27. The second-order valence-corrected chi connectivity index (χ2v) is 7.84. The first-order valence-electron chi connectivity index (χ1n) is 9.94. The minimum atomic E-state index is -1.28. The van der Waals surface area contributed by atoms with E-state index < -0.39 is 5.97 Å². The Labute approximate surface area is 183 Å². The van der Waals surface area contributed by atoms with Gasteiger partial charge in [0, 0.05) is 47.2 Å². The van der Waals surface area contributed by atoms with E-state index in [2.05, 4.69) is 10.2 Å². The molecule has 0 unspecified atom stereocenters. The largest absolute Gasteiger partial charge is 0.478 e. The van der Waals surface area contributed by atoms with Crippen molar-refractivity contribution in [1.82, 2.24) is 15.2 Å². The van der Waals surface area contributed by atoms with Crippen LogP contribution in [0.2, 0.25) is 0 Å². The summed E-state index contributed by atoms with van der Waals surface area (Å²) < 4.78 is 5.53. The fourth-order valence-electron chi connectivity index (χ4n) is 4.50. The van der Waals surface area contributed by atoms with Gasteiger partial charge >= 0.3 is 5.97 Å². The van der Waals surface area contributed by atoms with Gasteiger partial charge in [0.15, 0.2) is 0 Å². The number of H-pyrrole nitrogens is 2. The van der Waals surface area contributed by atoms with Gasteiger partial charge in [0.25, 0.3) is 0 Å². The van der Waals surface area contributed by atoms with Crippen molar-refractivity contribution in [1.29, 1.82) is 0 Å². The number of nitrogens with zero attached hydrogens (tertiary/aromatic N) is 1. The standard InChI is InChI=1S/C21H15B4N3O3/c22-16-14(17(23)19(25)15(18(16)24)21(29)30)13-10-6-11-9(7-26-28-11)5-12(10)27-20(13)8-1-3-31-4-2-8/h5-8,26,28H,1-4H2,(H,29,30). The van der Waals surface area contributed by atoms with E-state index in [1.165, 1.54) is 0 Å². The molecule has 2 aromatic heterocycles. The molecular weight excluding hydrogens is 385 g/mol. The molecule has 0 spiro atoms. The molecule has 31 heavy (non-hydrogen) atoms. The maximum absolute atomic E-state index is 11.7. The van der Waals surface area contributed by atoms with E-state index in [-0.39, 0.29) is 33.3 Å². The molecule has 1 aliphatic rings. The Morgan fingerprint density at radius 1 is 1.03 bits per heavy atom. The summed E-state index contributed by atoms with van der Waals surface area (Å²) in [6.07, 6.45) is 3.47. The van der Waals surface area contributed by atoms with Crippen LogP contribution in [-0.2, 0) is 4.74 Å². The quantitative estimate of drug-likeness (QED) is 0.404. The summed E-state index contributed by atoms with van der Waals surface area (Å²) in [5.74, 6) is -1.14. The van der Waals surface area contributed by atoms with Crippen LogP contribution in [0.15, 0.2) is 18.3 Å². The zero-order chi connectivity index (χ0) is 21.9. The van der Waals surface area contributed by atoms with Crippen molar-refractivity contribution >= 4 is 81.0 Å². The molecule has 1 aliphatic heterocycles. The van der Waals surface area contributed by atoms with Gasteiger partial charge in [-0.05, 0) is 30.5 Å². The van der Waals surface area contributed by atoms with Gasteiger partial charge < -0.3 is 20.0 Å². The van der Waals surface area contributed by atoms with E-state index in [1.807, 2.05) is 18.3 Å². The maximum atomic E-state index is 11.7. The van der Waals surface area contributed by atoms with Crippen LogP contribution in [0.5, 0.6) is 0 Å². The van der Waals surface area contributed by atoms with Crippen LogP contribution in [0.25, 0.3) is 32.9 Å². The fourth-order valence-corrected chi connectivity index (χ4v) is 4.50. The SMILES string of the molecule is [B]c1c([B])c(-c2c(C3CCOCC3)nc3cc4c[nH][nH]c4cc23)c([B])c([B])c1C(=O)O. The lowest BCUT2D eigenvalue weighted by Gasteiger charge is -2.25. The molecule has 1 saturated heterocycles. The number of hydrogen-bond donors (Lipinski definition) is 3. The molecule has 3 heterocycles. The van der Waals surface area contributed by atoms with Gasteiger partial charge in [-0.15, -0.1) is 0 Å². The van der Waals surface area contributed by atoms with Crippen molar-refractivity contribution in [3.05, 3.63) is 29.6 Å². The van der Waals surface area contributed by atoms with Gasteiger partial charge in [0.1, 0.15) is 31.4 Å². The minimum absolute atomic E-state index is 0.0878. The summed E-state index contributed by atoms with van der Waals surface area (Å²) in [4.78, 5) is 16.6. The Morgan fingerprint density at radius 2 is 1.71 bits per heavy atom. The number of ether oxygens (including phenoxy) is 1. The number of aromatic amines is 2. The van der Waals surface area contributed by atoms with Gasteiger partial charge in [0.2, 0.25) is 0 Å². The lowest BCUT2D eigenvalue weighted by Crippen LogP contribution is -2.47. The number of carboxylic acid groups (broad SMARTS) is 1. The lowest BCUT2D eigenvalue weighted by atomic mass is 9.63. The smallest absolute Gasteiger partial charge is 0.334 e. The molecule has 0 bridgehead atoms. The van der Waals surface area contributed by atoms with Crippen molar-refractivity contribution in [2.45, 2.75) is 18.8 Å². The lowest BCUT2D eigenvalue weighted by molar-refractivity contribution is 0.0700. The van der Waals surface area contributed by atoms with E-state index in [0.29, 0.717) is 18.8 Å². The van der Waals surface area contributed by atoms with E-state index in [4.69, 9.17) is 41.1 Å². The first-order valence-corrected chi connectivity index (χ1v) is 9.94. The maximum Gasteiger partial charge on any atom is 0.334 e. The van der Waals surface area contributed by atoms with Gasteiger partial charge in [-0.3, -0.25) is 4.98 Å². The van der Waals surface area contributed by atoms with Crippen molar-refractivity contribution in [2.75, 3.05) is 13.2 Å². The van der Waals surface area contributed by atoms with Crippen molar-refractivity contribution < 1.29 is 14.6 Å². The first kappa shape index (κ1) is 20.1. The summed E-state index contributed by atoms with van der Waals surface area (Å²) >= 11 is 0. The highest BCUT2D eigenvalue weighted by molar-refractivity contribution is 6.62. The number of fused-ring (bicyclic) bond motifs is 2. The third-order valence-corrected chi connectivity index (χ3v) is 6.10. The average molecular weight is 401 g/mol. The number of benzene rings is 2. The van der Waals surface area contributed by atoms with Gasteiger partial charge in [-0.2, -0.15) is 0 Å². The van der Waals surface area contributed by atoms with E-state index in [1.54, 1.807) is 0 Å². The molecule has 2 aromatic carbocycles. The Hall–Kier alpha value is -2.86. The molecule has 6 nitrogen and oxygen atoms in total. The van der Waals surface area contributed by atoms with Crippen LogP contribution in [0.3, 0.4) is 0 Å². The van der Waals surface area contributed by atoms with Gasteiger partial charge in [-0.25, -0.2) is 4.79 Å². The Balaban J connectivity index is 1.88. The number of aromatic carboxylic acids is 1. The molecule has 1 fully saturated rings. The highest BCUT2D eigenvalue weighted by atomic mass is 16.5. The average Bonchev–Trinajstić information content (AvgIpc) is 3.35. The highest BCUT2D eigenvalue weighted by Crippen LogP contribution is 2.39. The van der Waals surface area contributed by atoms with Crippen LogP contribution < -0.4 is 21.9 Å². The third kappa shape index (κ3) is 3.04. The summed E-state index contributed by atoms with van der Waals surface area (Å²) in [5, 5.41) is 17.4. The zero-order valence-electron chi connectivity index (χ0n) is 16.7.